The normalized spacial score (nSPS) is 14.0. The molecular weight excluding hydrogens is 536 g/mol. The molecule has 0 aliphatic rings. The van der Waals surface area contributed by atoms with Crippen LogP contribution in [0.2, 0.25) is 0 Å². The monoisotopic (exact) mass is 598 g/mol. The highest BCUT2D eigenvalue weighted by Crippen LogP contribution is 2.36. The van der Waals surface area contributed by atoms with Gasteiger partial charge in [-0.3, -0.25) is 0 Å². The number of benzene rings is 3. The Hall–Kier alpha value is -2.94. The molecular formula is C41H62N2O. The first-order valence-corrected chi connectivity index (χ1v) is 16.8. The smallest absolute Gasteiger partial charge is 0.122 e. The highest BCUT2D eigenvalue weighted by Gasteiger charge is 2.24. The Morgan fingerprint density at radius 3 is 1.89 bits per heavy atom. The molecule has 0 spiro atoms. The van der Waals surface area contributed by atoms with Gasteiger partial charge in [-0.05, 0) is 128 Å². The quantitative estimate of drug-likeness (QED) is 0.218. The van der Waals surface area contributed by atoms with Crippen molar-refractivity contribution in [2.45, 2.75) is 133 Å². The van der Waals surface area contributed by atoms with Crippen molar-refractivity contribution in [2.24, 2.45) is 17.3 Å². The Labute approximate surface area is 270 Å². The average molecular weight is 599 g/mol. The first kappa shape index (κ1) is 35.5. The number of hydrogen-bond acceptors (Lipinski definition) is 3. The van der Waals surface area contributed by atoms with Gasteiger partial charge in [0.25, 0.3) is 0 Å². The zero-order valence-corrected chi connectivity index (χ0v) is 30.2. The second-order valence-electron chi connectivity index (χ2n) is 16.7. The number of anilines is 2. The molecule has 0 amide bonds. The molecule has 0 aromatic heterocycles. The zero-order valence-electron chi connectivity index (χ0n) is 30.2. The lowest BCUT2D eigenvalue weighted by molar-refractivity contribution is 0.306. The van der Waals surface area contributed by atoms with Crippen LogP contribution in [0.25, 0.3) is 0 Å². The molecule has 0 bridgehead atoms. The minimum atomic E-state index is -0.200. The van der Waals surface area contributed by atoms with E-state index < -0.39 is 0 Å². The van der Waals surface area contributed by atoms with Gasteiger partial charge in [0.2, 0.25) is 0 Å². The molecule has 2 unspecified atom stereocenters. The minimum Gasteiger partial charge on any atom is -0.507 e. The summed E-state index contributed by atoms with van der Waals surface area (Å²) in [4.78, 5) is 2.52. The maximum atomic E-state index is 10.8. The molecule has 2 N–H and O–H groups in total. The summed E-state index contributed by atoms with van der Waals surface area (Å²) in [6.45, 7) is 30.1. The second-order valence-corrected chi connectivity index (χ2v) is 16.7. The highest BCUT2D eigenvalue weighted by atomic mass is 16.3. The summed E-state index contributed by atoms with van der Waals surface area (Å²) < 4.78 is 0. The fourth-order valence-corrected chi connectivity index (χ4v) is 6.77. The van der Waals surface area contributed by atoms with Crippen LogP contribution in [0.15, 0.2) is 60.7 Å². The molecule has 3 nitrogen and oxygen atoms in total. The molecule has 242 valence electrons. The fourth-order valence-electron chi connectivity index (χ4n) is 6.77. The Kier molecular flexibility index (Phi) is 11.3. The van der Waals surface area contributed by atoms with Crippen molar-refractivity contribution in [2.75, 3.05) is 10.2 Å². The molecule has 2 atom stereocenters. The minimum absolute atomic E-state index is 0.121. The standard InChI is InChI=1S/C41H62N2O/c1-28(2)22-31(5)43(27-33-24-30(4)38(44)37(25-33)40(9,10)11)36-20-18-35(19-21-36)42-41(12,13)34-16-14-32(15-17-34)23-29(3)26-39(6,7)8/h14-21,24-25,28-29,31,42,44H,22-23,26-27H2,1-13H3. The molecule has 0 saturated carbocycles. The van der Waals surface area contributed by atoms with Gasteiger partial charge in [0.1, 0.15) is 5.75 Å². The first-order valence-electron chi connectivity index (χ1n) is 16.8. The summed E-state index contributed by atoms with van der Waals surface area (Å²) in [5, 5.41) is 14.6. The topological polar surface area (TPSA) is 35.5 Å². The Bertz CT molecular complexity index is 1340. The van der Waals surface area contributed by atoms with Crippen LogP contribution < -0.4 is 10.2 Å². The van der Waals surface area contributed by atoms with Gasteiger partial charge in [-0.15, -0.1) is 0 Å². The van der Waals surface area contributed by atoms with Crippen LogP contribution >= 0.6 is 0 Å². The Morgan fingerprint density at radius 1 is 0.773 bits per heavy atom. The van der Waals surface area contributed by atoms with E-state index in [-0.39, 0.29) is 11.0 Å². The number of nitrogens with one attached hydrogen (secondary N) is 1. The lowest BCUT2D eigenvalue weighted by Crippen LogP contribution is -2.34. The molecule has 0 saturated heterocycles. The van der Waals surface area contributed by atoms with E-state index in [9.17, 15) is 5.11 Å². The van der Waals surface area contributed by atoms with Crippen LogP contribution in [-0.4, -0.2) is 11.1 Å². The predicted molar refractivity (Wildman–Crippen MR) is 193 cm³/mol. The third kappa shape index (κ3) is 10.0. The summed E-state index contributed by atoms with van der Waals surface area (Å²) in [5.41, 5.74) is 8.28. The van der Waals surface area contributed by atoms with E-state index in [1.165, 1.54) is 28.8 Å². The predicted octanol–water partition coefficient (Wildman–Crippen LogP) is 11.4. The van der Waals surface area contributed by atoms with Crippen molar-refractivity contribution >= 4 is 11.4 Å². The Morgan fingerprint density at radius 2 is 1.36 bits per heavy atom. The highest BCUT2D eigenvalue weighted by molar-refractivity contribution is 5.58. The molecule has 3 heteroatoms. The Balaban J connectivity index is 1.80. The molecule has 0 aliphatic carbocycles. The first-order chi connectivity index (χ1) is 20.2. The number of hydrogen-bond donors (Lipinski definition) is 2. The molecule has 0 fully saturated rings. The van der Waals surface area contributed by atoms with Crippen molar-refractivity contribution < 1.29 is 5.11 Å². The van der Waals surface area contributed by atoms with Gasteiger partial charge >= 0.3 is 0 Å². The van der Waals surface area contributed by atoms with Gasteiger partial charge in [-0.1, -0.05) is 92.6 Å². The number of nitrogens with zero attached hydrogens (tertiary/aromatic N) is 1. The van der Waals surface area contributed by atoms with Crippen LogP contribution in [-0.2, 0) is 23.9 Å². The van der Waals surface area contributed by atoms with Crippen LogP contribution in [0.1, 0.15) is 124 Å². The van der Waals surface area contributed by atoms with Gasteiger partial charge in [0.15, 0.2) is 0 Å². The maximum Gasteiger partial charge on any atom is 0.122 e. The van der Waals surface area contributed by atoms with Crippen molar-refractivity contribution in [3.8, 4) is 5.75 Å². The average Bonchev–Trinajstić information content (AvgIpc) is 2.87. The molecule has 0 heterocycles. The van der Waals surface area contributed by atoms with E-state index >= 15 is 0 Å². The fraction of sp³-hybridized carbons (Fsp3) is 0.561. The van der Waals surface area contributed by atoms with Gasteiger partial charge in [-0.25, -0.2) is 0 Å². The lowest BCUT2D eigenvalue weighted by atomic mass is 9.82. The third-order valence-corrected chi connectivity index (χ3v) is 8.74. The number of aryl methyl sites for hydroxylation is 1. The second kappa shape index (κ2) is 14.0. The van der Waals surface area contributed by atoms with E-state index in [0.29, 0.717) is 29.0 Å². The van der Waals surface area contributed by atoms with Crippen molar-refractivity contribution in [3.05, 3.63) is 88.5 Å². The van der Waals surface area contributed by atoms with Crippen molar-refractivity contribution in [1.29, 1.82) is 0 Å². The number of phenols is 1. The summed E-state index contributed by atoms with van der Waals surface area (Å²) >= 11 is 0. The van der Waals surface area contributed by atoms with Gasteiger partial charge in [0.05, 0.1) is 5.54 Å². The molecule has 44 heavy (non-hydrogen) atoms. The number of aromatic hydroxyl groups is 1. The molecule has 3 rings (SSSR count). The maximum absolute atomic E-state index is 10.8. The van der Waals surface area contributed by atoms with Crippen LogP contribution in [0.5, 0.6) is 5.75 Å². The molecule has 0 radical (unpaired) electrons. The summed E-state index contributed by atoms with van der Waals surface area (Å²) in [5.74, 6) is 1.70. The zero-order chi connectivity index (χ0) is 33.0. The molecule has 0 aliphatic heterocycles. The summed E-state index contributed by atoms with van der Waals surface area (Å²) in [7, 11) is 0. The third-order valence-electron chi connectivity index (χ3n) is 8.74. The number of rotatable bonds is 12. The van der Waals surface area contributed by atoms with Crippen LogP contribution in [0.4, 0.5) is 11.4 Å². The number of phenolic OH excluding ortho intramolecular Hbond substituents is 1. The van der Waals surface area contributed by atoms with E-state index in [4.69, 9.17) is 0 Å². The van der Waals surface area contributed by atoms with E-state index in [1.54, 1.807) is 0 Å². The van der Waals surface area contributed by atoms with E-state index in [0.717, 1.165) is 36.2 Å². The van der Waals surface area contributed by atoms with Crippen molar-refractivity contribution in [1.82, 2.24) is 0 Å². The van der Waals surface area contributed by atoms with Gasteiger partial charge in [-0.2, -0.15) is 0 Å². The van der Waals surface area contributed by atoms with Gasteiger partial charge < -0.3 is 15.3 Å². The van der Waals surface area contributed by atoms with Crippen molar-refractivity contribution in [3.63, 3.8) is 0 Å². The SMILES string of the molecule is Cc1cc(CN(c2ccc(NC(C)(C)c3ccc(CC(C)CC(C)(C)C)cc3)cc2)C(C)CC(C)C)cc(C(C)(C)C)c1O. The molecule has 3 aromatic carbocycles. The van der Waals surface area contributed by atoms with Gasteiger partial charge in [0, 0.05) is 24.0 Å². The summed E-state index contributed by atoms with van der Waals surface area (Å²) in [6, 6.07) is 22.9. The lowest BCUT2D eigenvalue weighted by Gasteiger charge is -2.34. The largest absolute Gasteiger partial charge is 0.507 e. The summed E-state index contributed by atoms with van der Waals surface area (Å²) in [6.07, 6.45) is 3.47. The molecule has 3 aromatic rings. The van der Waals surface area contributed by atoms with E-state index in [1.807, 2.05) is 6.92 Å². The van der Waals surface area contributed by atoms with E-state index in [2.05, 4.69) is 154 Å². The van der Waals surface area contributed by atoms with Crippen LogP contribution in [0, 0.1) is 24.2 Å². The van der Waals surface area contributed by atoms with Crippen LogP contribution in [0.3, 0.4) is 0 Å².